The van der Waals surface area contributed by atoms with Crippen molar-refractivity contribution in [2.75, 3.05) is 18.0 Å². The quantitative estimate of drug-likeness (QED) is 0.803. The maximum atomic E-state index is 13.8. The first-order chi connectivity index (χ1) is 11.6. The van der Waals surface area contributed by atoms with Gasteiger partial charge >= 0.3 is 0 Å². The second-order valence-electron chi connectivity index (χ2n) is 5.15. The summed E-state index contributed by atoms with van der Waals surface area (Å²) in [7, 11) is 0. The third-order valence-corrected chi connectivity index (χ3v) is 3.90. The Kier molecular flexibility index (Phi) is 4.57. The Balaban J connectivity index is 1.77. The molecule has 1 saturated heterocycles. The Morgan fingerprint density at radius 1 is 1.00 bits per heavy atom. The van der Waals surface area contributed by atoms with Crippen LogP contribution in [0.15, 0.2) is 53.6 Å². The summed E-state index contributed by atoms with van der Waals surface area (Å²) in [4.78, 5) is 25.6. The fraction of sp³-hybridized carbons (Fsp3) is 0.118. The summed E-state index contributed by atoms with van der Waals surface area (Å²) < 4.78 is 13.8. The van der Waals surface area contributed by atoms with Crippen LogP contribution in [-0.2, 0) is 9.59 Å². The molecule has 0 unspecified atom stereocenters. The van der Waals surface area contributed by atoms with E-state index in [1.165, 1.54) is 24.4 Å². The van der Waals surface area contributed by atoms with Gasteiger partial charge in [-0.1, -0.05) is 41.9 Å². The molecule has 1 aliphatic heterocycles. The van der Waals surface area contributed by atoms with E-state index in [1.54, 1.807) is 30.3 Å². The van der Waals surface area contributed by atoms with Crippen LogP contribution in [0.1, 0.15) is 5.56 Å². The van der Waals surface area contributed by atoms with Crippen molar-refractivity contribution in [1.29, 1.82) is 0 Å². The van der Waals surface area contributed by atoms with E-state index in [0.29, 0.717) is 10.6 Å². The number of halogens is 2. The number of benzene rings is 2. The van der Waals surface area contributed by atoms with Crippen molar-refractivity contribution in [3.8, 4) is 0 Å². The first kappa shape index (κ1) is 16.1. The minimum atomic E-state index is -0.549. The molecule has 0 radical (unpaired) electrons. The van der Waals surface area contributed by atoms with E-state index in [9.17, 15) is 14.0 Å². The van der Waals surface area contributed by atoms with Crippen LogP contribution in [0.25, 0.3) is 0 Å². The lowest BCUT2D eigenvalue weighted by molar-refractivity contribution is -0.138. The van der Waals surface area contributed by atoms with E-state index in [-0.39, 0.29) is 18.8 Å². The molecule has 122 valence electrons. The van der Waals surface area contributed by atoms with E-state index >= 15 is 0 Å². The van der Waals surface area contributed by atoms with Gasteiger partial charge in [0.2, 0.25) is 5.91 Å². The lowest BCUT2D eigenvalue weighted by Crippen LogP contribution is -2.52. The SMILES string of the molecule is O=C1CN(c2ccccc2F)C(=O)CN1/N=C/c1ccccc1Cl. The number of anilines is 1. The van der Waals surface area contributed by atoms with E-state index in [4.69, 9.17) is 11.6 Å². The van der Waals surface area contributed by atoms with Gasteiger partial charge in [-0.15, -0.1) is 0 Å². The number of carbonyl (C=O) groups excluding carboxylic acids is 2. The molecule has 0 atom stereocenters. The molecule has 24 heavy (non-hydrogen) atoms. The Bertz CT molecular complexity index is 825. The molecule has 0 saturated carbocycles. The standard InChI is InChI=1S/C17H13ClFN3O2/c18-13-6-2-1-5-12(13)9-20-22-11-16(23)21(10-17(22)24)15-8-4-3-7-14(15)19/h1-9H,10-11H2/b20-9+. The molecule has 3 rings (SSSR count). The summed E-state index contributed by atoms with van der Waals surface area (Å²) in [6.07, 6.45) is 1.42. The molecule has 5 nitrogen and oxygen atoms in total. The summed E-state index contributed by atoms with van der Waals surface area (Å²) in [5.41, 5.74) is 0.724. The van der Waals surface area contributed by atoms with Gasteiger partial charge in [-0.3, -0.25) is 14.5 Å². The summed E-state index contributed by atoms with van der Waals surface area (Å²) in [6, 6.07) is 12.9. The van der Waals surface area contributed by atoms with E-state index in [2.05, 4.69) is 5.10 Å². The van der Waals surface area contributed by atoms with Crippen molar-refractivity contribution in [3.63, 3.8) is 0 Å². The molecule has 2 aromatic carbocycles. The average molecular weight is 346 g/mol. The Morgan fingerprint density at radius 2 is 1.71 bits per heavy atom. The summed E-state index contributed by atoms with van der Waals surface area (Å²) >= 11 is 6.02. The van der Waals surface area contributed by atoms with Crippen LogP contribution in [0.4, 0.5) is 10.1 Å². The van der Waals surface area contributed by atoms with Crippen molar-refractivity contribution in [1.82, 2.24) is 5.01 Å². The second kappa shape index (κ2) is 6.80. The predicted molar refractivity (Wildman–Crippen MR) is 89.5 cm³/mol. The highest BCUT2D eigenvalue weighted by atomic mass is 35.5. The van der Waals surface area contributed by atoms with Gasteiger partial charge in [0.05, 0.1) is 11.9 Å². The smallest absolute Gasteiger partial charge is 0.263 e. The summed E-state index contributed by atoms with van der Waals surface area (Å²) in [5.74, 6) is -1.36. The monoisotopic (exact) mass is 345 g/mol. The minimum Gasteiger partial charge on any atom is -0.298 e. The van der Waals surface area contributed by atoms with Crippen LogP contribution in [0.2, 0.25) is 5.02 Å². The number of para-hydroxylation sites is 1. The van der Waals surface area contributed by atoms with Crippen molar-refractivity contribution >= 4 is 35.3 Å². The zero-order valence-electron chi connectivity index (χ0n) is 12.5. The zero-order valence-corrected chi connectivity index (χ0v) is 13.3. The number of hydrogen-bond donors (Lipinski definition) is 0. The molecular weight excluding hydrogens is 333 g/mol. The average Bonchev–Trinajstić information content (AvgIpc) is 2.57. The van der Waals surface area contributed by atoms with Gasteiger partial charge in [0.1, 0.15) is 18.9 Å². The van der Waals surface area contributed by atoms with E-state index in [0.717, 1.165) is 9.91 Å². The van der Waals surface area contributed by atoms with Gasteiger partial charge in [0, 0.05) is 10.6 Å². The molecule has 1 fully saturated rings. The van der Waals surface area contributed by atoms with Gasteiger partial charge < -0.3 is 0 Å². The molecule has 2 amide bonds. The van der Waals surface area contributed by atoms with Crippen LogP contribution >= 0.6 is 11.6 Å². The molecule has 7 heteroatoms. The molecule has 2 aromatic rings. The first-order valence-corrected chi connectivity index (χ1v) is 7.58. The maximum absolute atomic E-state index is 13.8. The number of hydrazone groups is 1. The zero-order chi connectivity index (χ0) is 17.1. The minimum absolute atomic E-state index is 0.0885. The number of amides is 2. The highest BCUT2D eigenvalue weighted by molar-refractivity contribution is 6.33. The number of hydrogen-bond acceptors (Lipinski definition) is 3. The third-order valence-electron chi connectivity index (χ3n) is 3.55. The normalized spacial score (nSPS) is 15.4. The number of nitrogens with zero attached hydrogens (tertiary/aromatic N) is 3. The van der Waals surface area contributed by atoms with Crippen molar-refractivity contribution in [2.24, 2.45) is 5.10 Å². The molecule has 0 N–H and O–H groups in total. The van der Waals surface area contributed by atoms with Crippen LogP contribution in [0.3, 0.4) is 0 Å². The first-order valence-electron chi connectivity index (χ1n) is 7.20. The molecule has 1 aliphatic rings. The maximum Gasteiger partial charge on any atom is 0.263 e. The molecule has 0 bridgehead atoms. The van der Waals surface area contributed by atoms with Crippen LogP contribution < -0.4 is 4.90 Å². The van der Waals surface area contributed by atoms with Gasteiger partial charge in [0.15, 0.2) is 0 Å². The van der Waals surface area contributed by atoms with Gasteiger partial charge in [0.25, 0.3) is 5.91 Å². The lowest BCUT2D eigenvalue weighted by Gasteiger charge is -2.31. The lowest BCUT2D eigenvalue weighted by atomic mass is 10.2. The van der Waals surface area contributed by atoms with E-state index in [1.807, 2.05) is 0 Å². The van der Waals surface area contributed by atoms with Crippen molar-refractivity contribution in [3.05, 3.63) is 64.9 Å². The molecule has 0 spiro atoms. The molecule has 0 aliphatic carbocycles. The molecule has 1 heterocycles. The second-order valence-corrected chi connectivity index (χ2v) is 5.56. The highest BCUT2D eigenvalue weighted by Gasteiger charge is 2.31. The highest BCUT2D eigenvalue weighted by Crippen LogP contribution is 2.21. The van der Waals surface area contributed by atoms with Crippen molar-refractivity contribution in [2.45, 2.75) is 0 Å². The largest absolute Gasteiger partial charge is 0.298 e. The number of rotatable bonds is 3. The Labute approximate surface area is 142 Å². The topological polar surface area (TPSA) is 53.0 Å². The van der Waals surface area contributed by atoms with E-state index < -0.39 is 17.6 Å². The third kappa shape index (κ3) is 3.28. The number of carbonyl (C=O) groups is 2. The van der Waals surface area contributed by atoms with Gasteiger partial charge in [-0.25, -0.2) is 9.40 Å². The summed E-state index contributed by atoms with van der Waals surface area (Å²) in [6.45, 7) is -0.520. The van der Waals surface area contributed by atoms with Crippen LogP contribution in [0, 0.1) is 5.82 Å². The Morgan fingerprint density at radius 3 is 2.46 bits per heavy atom. The molecular formula is C17H13ClFN3O2. The molecule has 0 aromatic heterocycles. The fourth-order valence-corrected chi connectivity index (χ4v) is 2.50. The fourth-order valence-electron chi connectivity index (χ4n) is 2.31. The Hall–Kier alpha value is -2.73. The number of piperazine rings is 1. The van der Waals surface area contributed by atoms with Crippen molar-refractivity contribution < 1.29 is 14.0 Å². The van der Waals surface area contributed by atoms with Crippen LogP contribution in [0.5, 0.6) is 0 Å². The van der Waals surface area contributed by atoms with Gasteiger partial charge in [-0.05, 0) is 18.2 Å². The van der Waals surface area contributed by atoms with Gasteiger partial charge in [-0.2, -0.15) is 5.10 Å². The predicted octanol–water partition coefficient (Wildman–Crippen LogP) is 2.69. The summed E-state index contributed by atoms with van der Waals surface area (Å²) in [5, 5.41) is 5.58. The van der Waals surface area contributed by atoms with Crippen LogP contribution in [-0.4, -0.2) is 36.1 Å².